The lowest BCUT2D eigenvalue weighted by Crippen LogP contribution is -2.20. The number of benzene rings is 2. The first kappa shape index (κ1) is 25.8. The zero-order valence-electron chi connectivity index (χ0n) is 17.7. The highest BCUT2D eigenvalue weighted by atomic mass is 16.6. The summed E-state index contributed by atoms with van der Waals surface area (Å²) in [7, 11) is 0. The van der Waals surface area contributed by atoms with Gasteiger partial charge in [-0.15, -0.1) is 0 Å². The van der Waals surface area contributed by atoms with Gasteiger partial charge in [-0.25, -0.2) is 9.59 Å². The summed E-state index contributed by atoms with van der Waals surface area (Å²) in [6.07, 6.45) is -3.40. The molecule has 178 valence electrons. The number of aliphatic hydroxyl groups is 2. The van der Waals surface area contributed by atoms with E-state index in [0.717, 1.165) is 12.1 Å². The Kier molecular flexibility index (Phi) is 8.70. The molecule has 0 heterocycles. The predicted molar refractivity (Wildman–Crippen MR) is 116 cm³/mol. The van der Waals surface area contributed by atoms with E-state index in [2.05, 4.69) is 13.2 Å². The van der Waals surface area contributed by atoms with E-state index >= 15 is 0 Å². The van der Waals surface area contributed by atoms with Gasteiger partial charge in [-0.1, -0.05) is 37.4 Å². The fourth-order valence-electron chi connectivity index (χ4n) is 2.82. The Morgan fingerprint density at radius 1 is 0.765 bits per heavy atom. The first-order valence-corrected chi connectivity index (χ1v) is 9.60. The van der Waals surface area contributed by atoms with Crippen LogP contribution >= 0.6 is 0 Å². The largest absolute Gasteiger partial charge is 0.459 e. The molecule has 2 aromatic carbocycles. The molecule has 2 atom stereocenters. The summed E-state index contributed by atoms with van der Waals surface area (Å²) in [5.74, 6) is -2.17. The number of aliphatic hydroxyl groups excluding tert-OH is 2. The standard InChI is InChI=1S/C22H20N2O10/c1-13(19(25)15-7-3-5-9-17(15)23(29)30)21(27)33-11-12-34-22(28)14(2)20(26)16-8-4-6-10-18(16)24(31)32/h3-10,19-20,25-26H,1-2,11-12H2. The number of esters is 2. The van der Waals surface area contributed by atoms with E-state index in [1.54, 1.807) is 0 Å². The summed E-state index contributed by atoms with van der Waals surface area (Å²) in [6, 6.07) is 10.5. The fraction of sp³-hybridized carbons (Fsp3) is 0.182. The van der Waals surface area contributed by atoms with E-state index < -0.39 is 69.7 Å². The molecule has 12 nitrogen and oxygen atoms in total. The van der Waals surface area contributed by atoms with Crippen molar-refractivity contribution in [1.82, 2.24) is 0 Å². The fourth-order valence-corrected chi connectivity index (χ4v) is 2.82. The molecule has 0 amide bonds. The quantitative estimate of drug-likeness (QED) is 0.162. The summed E-state index contributed by atoms with van der Waals surface area (Å²) in [5, 5.41) is 42.7. The molecule has 0 saturated heterocycles. The van der Waals surface area contributed by atoms with Crippen molar-refractivity contribution in [2.75, 3.05) is 13.2 Å². The molecule has 2 aromatic rings. The van der Waals surface area contributed by atoms with Crippen LogP contribution in [0.2, 0.25) is 0 Å². The number of hydrogen-bond acceptors (Lipinski definition) is 10. The Hall–Kier alpha value is -4.42. The van der Waals surface area contributed by atoms with E-state index in [9.17, 15) is 40.0 Å². The maximum absolute atomic E-state index is 12.1. The minimum atomic E-state index is -1.70. The number of ether oxygens (including phenoxy) is 2. The molecule has 0 saturated carbocycles. The Morgan fingerprint density at radius 2 is 1.09 bits per heavy atom. The second-order valence-electron chi connectivity index (χ2n) is 6.76. The van der Waals surface area contributed by atoms with E-state index in [1.807, 2.05) is 0 Å². The number of nitro benzene ring substituents is 2. The number of para-hydroxylation sites is 2. The van der Waals surface area contributed by atoms with Gasteiger partial charge < -0.3 is 19.7 Å². The van der Waals surface area contributed by atoms with Crippen molar-refractivity contribution >= 4 is 23.3 Å². The molecule has 2 unspecified atom stereocenters. The van der Waals surface area contributed by atoms with E-state index in [4.69, 9.17) is 9.47 Å². The first-order chi connectivity index (χ1) is 16.1. The number of rotatable bonds is 11. The average Bonchev–Trinajstić information content (AvgIpc) is 2.84. The van der Waals surface area contributed by atoms with Gasteiger partial charge in [0.25, 0.3) is 11.4 Å². The van der Waals surface area contributed by atoms with Crippen LogP contribution in [0, 0.1) is 20.2 Å². The topological polar surface area (TPSA) is 179 Å². The lowest BCUT2D eigenvalue weighted by molar-refractivity contribution is -0.386. The van der Waals surface area contributed by atoms with Crippen LogP contribution in [0.3, 0.4) is 0 Å². The molecular weight excluding hydrogens is 452 g/mol. The van der Waals surface area contributed by atoms with Crippen molar-refractivity contribution in [3.63, 3.8) is 0 Å². The van der Waals surface area contributed by atoms with Crippen molar-refractivity contribution in [3.8, 4) is 0 Å². The normalized spacial score (nSPS) is 12.2. The number of nitrogens with zero attached hydrogens (tertiary/aromatic N) is 2. The van der Waals surface area contributed by atoms with Gasteiger partial charge in [-0.2, -0.15) is 0 Å². The third kappa shape index (κ3) is 6.09. The smallest absolute Gasteiger partial charge is 0.336 e. The van der Waals surface area contributed by atoms with Gasteiger partial charge in [0.15, 0.2) is 0 Å². The second kappa shape index (κ2) is 11.4. The highest BCUT2D eigenvalue weighted by Gasteiger charge is 2.28. The first-order valence-electron chi connectivity index (χ1n) is 9.60. The van der Waals surface area contributed by atoms with Crippen molar-refractivity contribution in [1.29, 1.82) is 0 Å². The molecule has 2 N–H and O–H groups in total. The molecule has 0 fully saturated rings. The Labute approximate surface area is 192 Å². The van der Waals surface area contributed by atoms with Crippen LogP contribution in [-0.4, -0.2) is 45.2 Å². The number of hydrogen-bond donors (Lipinski definition) is 2. The number of carbonyl (C=O) groups is 2. The maximum Gasteiger partial charge on any atom is 0.336 e. The Bertz CT molecular complexity index is 1050. The van der Waals surface area contributed by atoms with Crippen LogP contribution in [0.1, 0.15) is 23.3 Å². The van der Waals surface area contributed by atoms with Gasteiger partial charge in [0.2, 0.25) is 0 Å². The summed E-state index contributed by atoms with van der Waals surface area (Å²) < 4.78 is 9.69. The maximum atomic E-state index is 12.1. The third-order valence-corrected chi connectivity index (χ3v) is 4.59. The number of carbonyl (C=O) groups excluding carboxylic acids is 2. The van der Waals surface area contributed by atoms with E-state index in [0.29, 0.717) is 0 Å². The van der Waals surface area contributed by atoms with Gasteiger partial charge in [0.1, 0.15) is 25.4 Å². The third-order valence-electron chi connectivity index (χ3n) is 4.59. The summed E-state index contributed by atoms with van der Waals surface area (Å²) in [6.45, 7) is 5.85. The molecule has 0 spiro atoms. The Balaban J connectivity index is 1.89. The molecule has 0 aliphatic carbocycles. The van der Waals surface area contributed by atoms with Crippen LogP contribution < -0.4 is 0 Å². The highest BCUT2D eigenvalue weighted by Crippen LogP contribution is 2.30. The second-order valence-corrected chi connectivity index (χ2v) is 6.76. The molecule has 2 rings (SSSR count). The van der Waals surface area contributed by atoms with Crippen molar-refractivity contribution in [2.45, 2.75) is 12.2 Å². The molecule has 34 heavy (non-hydrogen) atoms. The summed E-state index contributed by atoms with van der Waals surface area (Å²) in [5.41, 5.74) is -2.07. The molecular formula is C22H20N2O10. The van der Waals surface area contributed by atoms with Crippen molar-refractivity contribution < 1.29 is 39.1 Å². The van der Waals surface area contributed by atoms with Crippen LogP contribution in [0.25, 0.3) is 0 Å². The van der Waals surface area contributed by atoms with E-state index in [-0.39, 0.29) is 11.1 Å². The number of nitro groups is 2. The lowest BCUT2D eigenvalue weighted by Gasteiger charge is -2.15. The lowest BCUT2D eigenvalue weighted by atomic mass is 10.0. The summed E-state index contributed by atoms with van der Waals surface area (Å²) >= 11 is 0. The molecule has 12 heteroatoms. The molecule has 0 aromatic heterocycles. The molecule has 0 aliphatic rings. The highest BCUT2D eigenvalue weighted by molar-refractivity contribution is 5.90. The van der Waals surface area contributed by atoms with Crippen LogP contribution in [0.4, 0.5) is 11.4 Å². The van der Waals surface area contributed by atoms with Crippen molar-refractivity contribution in [3.05, 3.63) is 104 Å². The molecule has 0 aliphatic heterocycles. The predicted octanol–water partition coefficient (Wildman–Crippen LogP) is 2.47. The minimum Gasteiger partial charge on any atom is -0.459 e. The van der Waals surface area contributed by atoms with Crippen molar-refractivity contribution in [2.24, 2.45) is 0 Å². The zero-order valence-corrected chi connectivity index (χ0v) is 17.7. The van der Waals surface area contributed by atoms with Crippen LogP contribution in [0.5, 0.6) is 0 Å². The van der Waals surface area contributed by atoms with E-state index in [1.165, 1.54) is 36.4 Å². The monoisotopic (exact) mass is 472 g/mol. The average molecular weight is 472 g/mol. The Morgan fingerprint density at radius 3 is 1.41 bits per heavy atom. The molecule has 0 bridgehead atoms. The van der Waals surface area contributed by atoms with Gasteiger partial charge in [-0.05, 0) is 12.1 Å². The SMILES string of the molecule is C=C(C(=O)OCCOC(=O)C(=C)C(O)c1ccccc1[N+](=O)[O-])C(O)c1ccccc1[N+](=O)[O-]. The van der Waals surface area contributed by atoms with Gasteiger partial charge >= 0.3 is 11.9 Å². The van der Waals surface area contributed by atoms with Crippen LogP contribution in [0.15, 0.2) is 72.8 Å². The van der Waals surface area contributed by atoms with Gasteiger partial charge in [-0.3, -0.25) is 20.2 Å². The van der Waals surface area contributed by atoms with Gasteiger partial charge in [0.05, 0.1) is 32.1 Å². The van der Waals surface area contributed by atoms with Gasteiger partial charge in [0, 0.05) is 12.1 Å². The zero-order chi connectivity index (χ0) is 25.4. The van der Waals surface area contributed by atoms with Crippen LogP contribution in [-0.2, 0) is 19.1 Å². The minimum absolute atomic E-state index is 0.152. The molecule has 0 radical (unpaired) electrons. The summed E-state index contributed by atoms with van der Waals surface area (Å²) in [4.78, 5) is 44.9.